The normalized spacial score (nSPS) is 11.5. The van der Waals surface area contributed by atoms with E-state index < -0.39 is 34.6 Å². The fourth-order valence-electron chi connectivity index (χ4n) is 1.01. The summed E-state index contributed by atoms with van der Waals surface area (Å²) in [5, 5.41) is 10.0. The van der Waals surface area contributed by atoms with E-state index >= 15 is 0 Å². The third kappa shape index (κ3) is 2.90. The summed E-state index contributed by atoms with van der Waals surface area (Å²) in [5.41, 5.74) is -1.67. The Kier molecular flexibility index (Phi) is 2.92. The monoisotopic (exact) mass is 223 g/mol. The van der Waals surface area contributed by atoms with Gasteiger partial charge in [-0.2, -0.15) is 13.2 Å². The van der Waals surface area contributed by atoms with Crippen molar-refractivity contribution < 1.29 is 22.5 Å². The SMILES string of the molecule is O=[N+]([O-])Cc1cc(C(F)(F)F)ccc1F. The Morgan fingerprint density at radius 3 is 2.40 bits per heavy atom. The van der Waals surface area contributed by atoms with Crippen molar-refractivity contribution >= 4 is 0 Å². The third-order valence-electron chi connectivity index (χ3n) is 1.67. The molecule has 1 aromatic carbocycles. The van der Waals surface area contributed by atoms with Crippen molar-refractivity contribution in [1.82, 2.24) is 0 Å². The molecule has 0 N–H and O–H groups in total. The van der Waals surface area contributed by atoms with Gasteiger partial charge in [0, 0.05) is 4.92 Å². The summed E-state index contributed by atoms with van der Waals surface area (Å²) in [4.78, 5) is 9.15. The highest BCUT2D eigenvalue weighted by atomic mass is 19.4. The molecule has 3 nitrogen and oxygen atoms in total. The predicted molar refractivity (Wildman–Crippen MR) is 42.1 cm³/mol. The van der Waals surface area contributed by atoms with Crippen molar-refractivity contribution in [3.63, 3.8) is 0 Å². The number of hydrogen-bond donors (Lipinski definition) is 0. The zero-order chi connectivity index (χ0) is 11.6. The van der Waals surface area contributed by atoms with Crippen molar-refractivity contribution in [2.75, 3.05) is 0 Å². The molecule has 0 aliphatic rings. The lowest BCUT2D eigenvalue weighted by molar-refractivity contribution is -0.497. The number of benzene rings is 1. The Balaban J connectivity index is 3.11. The van der Waals surface area contributed by atoms with Gasteiger partial charge in [0.2, 0.25) is 6.54 Å². The molecule has 0 saturated heterocycles. The van der Waals surface area contributed by atoms with E-state index in [-0.39, 0.29) is 0 Å². The van der Waals surface area contributed by atoms with Crippen LogP contribution in [0.4, 0.5) is 17.6 Å². The first-order valence-electron chi connectivity index (χ1n) is 3.78. The van der Waals surface area contributed by atoms with E-state index in [0.29, 0.717) is 18.2 Å². The lowest BCUT2D eigenvalue weighted by Crippen LogP contribution is -2.08. The number of rotatable bonds is 2. The average Bonchev–Trinajstić information content (AvgIpc) is 2.06. The van der Waals surface area contributed by atoms with E-state index in [1.807, 2.05) is 0 Å². The Hall–Kier alpha value is -1.66. The quantitative estimate of drug-likeness (QED) is 0.439. The first kappa shape index (κ1) is 11.4. The van der Waals surface area contributed by atoms with Crippen LogP contribution in [0.2, 0.25) is 0 Å². The lowest BCUT2D eigenvalue weighted by Gasteiger charge is -2.07. The molecule has 0 amide bonds. The zero-order valence-corrected chi connectivity index (χ0v) is 7.21. The molecule has 0 saturated carbocycles. The van der Waals surface area contributed by atoms with Gasteiger partial charge in [0.25, 0.3) is 0 Å². The molecule has 0 aliphatic heterocycles. The lowest BCUT2D eigenvalue weighted by atomic mass is 10.1. The minimum absolute atomic E-state index is 0.443. The molecular formula is C8H5F4NO2. The molecule has 1 rings (SSSR count). The maximum absolute atomic E-state index is 12.8. The van der Waals surface area contributed by atoms with Gasteiger partial charge in [-0.15, -0.1) is 0 Å². The minimum atomic E-state index is -4.63. The number of nitrogens with zero attached hydrogens (tertiary/aromatic N) is 1. The maximum Gasteiger partial charge on any atom is 0.416 e. The number of hydrogen-bond acceptors (Lipinski definition) is 2. The maximum atomic E-state index is 12.8. The van der Waals surface area contributed by atoms with Crippen LogP contribution in [0.15, 0.2) is 18.2 Å². The molecule has 0 unspecified atom stereocenters. The van der Waals surface area contributed by atoms with Gasteiger partial charge in [-0.05, 0) is 18.2 Å². The summed E-state index contributed by atoms with van der Waals surface area (Å²) in [6, 6.07) is 1.55. The minimum Gasteiger partial charge on any atom is -0.264 e. The van der Waals surface area contributed by atoms with Gasteiger partial charge in [0.05, 0.1) is 11.1 Å². The van der Waals surface area contributed by atoms with Crippen LogP contribution in [0.25, 0.3) is 0 Å². The third-order valence-corrected chi connectivity index (χ3v) is 1.67. The first-order chi connectivity index (χ1) is 6.80. The van der Waals surface area contributed by atoms with E-state index in [1.165, 1.54) is 0 Å². The number of halogens is 4. The molecule has 7 heteroatoms. The van der Waals surface area contributed by atoms with E-state index in [1.54, 1.807) is 0 Å². The van der Waals surface area contributed by atoms with Crippen LogP contribution < -0.4 is 0 Å². The Bertz CT molecular complexity index is 389. The summed E-state index contributed by atoms with van der Waals surface area (Å²) in [6.45, 7) is -0.963. The standard InChI is InChI=1S/C8H5F4NO2/c9-7-2-1-6(8(10,11)12)3-5(7)4-13(14)15/h1-3H,4H2. The largest absolute Gasteiger partial charge is 0.416 e. The smallest absolute Gasteiger partial charge is 0.264 e. The van der Waals surface area contributed by atoms with Crippen LogP contribution in [0, 0.1) is 15.9 Å². The number of alkyl halides is 3. The molecule has 0 fully saturated rings. The molecule has 0 bridgehead atoms. The Labute approximate surface area is 81.5 Å². The summed E-state index contributed by atoms with van der Waals surface area (Å²) in [5.74, 6) is -1.01. The molecule has 0 aliphatic carbocycles. The topological polar surface area (TPSA) is 43.1 Å². The van der Waals surface area contributed by atoms with Crippen LogP contribution in [-0.4, -0.2) is 4.92 Å². The summed E-state index contributed by atoms with van der Waals surface area (Å²) in [6.07, 6.45) is -4.63. The first-order valence-corrected chi connectivity index (χ1v) is 3.78. The van der Waals surface area contributed by atoms with Gasteiger partial charge in [-0.25, -0.2) is 4.39 Å². The second-order valence-corrected chi connectivity index (χ2v) is 2.79. The van der Waals surface area contributed by atoms with Crippen LogP contribution in [0.5, 0.6) is 0 Å². The molecule has 1 aromatic rings. The second-order valence-electron chi connectivity index (χ2n) is 2.79. The second kappa shape index (κ2) is 3.84. The van der Waals surface area contributed by atoms with Crippen molar-refractivity contribution in [2.45, 2.75) is 12.7 Å². The molecule has 0 aromatic heterocycles. The predicted octanol–water partition coefficient (Wildman–Crippen LogP) is 2.62. The van der Waals surface area contributed by atoms with Crippen LogP contribution >= 0.6 is 0 Å². The fraction of sp³-hybridized carbons (Fsp3) is 0.250. The molecule has 0 spiro atoms. The van der Waals surface area contributed by atoms with Crippen molar-refractivity contribution in [1.29, 1.82) is 0 Å². The van der Waals surface area contributed by atoms with Gasteiger partial charge < -0.3 is 0 Å². The average molecular weight is 223 g/mol. The van der Waals surface area contributed by atoms with Crippen molar-refractivity contribution in [2.24, 2.45) is 0 Å². The summed E-state index contributed by atoms with van der Waals surface area (Å²) >= 11 is 0. The van der Waals surface area contributed by atoms with Gasteiger partial charge >= 0.3 is 6.18 Å². The van der Waals surface area contributed by atoms with Gasteiger partial charge in [0.15, 0.2) is 0 Å². The van der Waals surface area contributed by atoms with E-state index in [2.05, 4.69) is 0 Å². The van der Waals surface area contributed by atoms with E-state index in [4.69, 9.17) is 0 Å². The molecule has 0 radical (unpaired) electrons. The molecular weight excluding hydrogens is 218 g/mol. The van der Waals surface area contributed by atoms with Crippen molar-refractivity contribution in [3.8, 4) is 0 Å². The van der Waals surface area contributed by atoms with Gasteiger partial charge in [-0.1, -0.05) is 0 Å². The Morgan fingerprint density at radius 1 is 1.33 bits per heavy atom. The molecule has 0 atom stereocenters. The van der Waals surface area contributed by atoms with Gasteiger partial charge in [-0.3, -0.25) is 10.1 Å². The van der Waals surface area contributed by atoms with E-state index in [0.717, 1.165) is 0 Å². The Morgan fingerprint density at radius 2 is 1.93 bits per heavy atom. The number of nitro groups is 1. The molecule has 0 heterocycles. The highest BCUT2D eigenvalue weighted by molar-refractivity contribution is 5.26. The van der Waals surface area contributed by atoms with Crippen LogP contribution in [0.1, 0.15) is 11.1 Å². The van der Waals surface area contributed by atoms with Crippen molar-refractivity contribution in [3.05, 3.63) is 45.3 Å². The summed E-state index contributed by atoms with van der Waals surface area (Å²) < 4.78 is 49.3. The molecule has 82 valence electrons. The summed E-state index contributed by atoms with van der Waals surface area (Å²) in [7, 11) is 0. The zero-order valence-electron chi connectivity index (χ0n) is 7.21. The highest BCUT2D eigenvalue weighted by Gasteiger charge is 2.31. The molecule has 15 heavy (non-hydrogen) atoms. The van der Waals surface area contributed by atoms with Crippen LogP contribution in [-0.2, 0) is 12.7 Å². The fourth-order valence-corrected chi connectivity index (χ4v) is 1.01. The van der Waals surface area contributed by atoms with E-state index in [9.17, 15) is 27.7 Å². The van der Waals surface area contributed by atoms with Crippen LogP contribution in [0.3, 0.4) is 0 Å². The van der Waals surface area contributed by atoms with Gasteiger partial charge in [0.1, 0.15) is 5.82 Å². The highest BCUT2D eigenvalue weighted by Crippen LogP contribution is 2.30.